The topological polar surface area (TPSA) is 74.4 Å². The smallest absolute Gasteiger partial charge is 0.342 e. The predicted molar refractivity (Wildman–Crippen MR) is 72.4 cm³/mol. The van der Waals surface area contributed by atoms with Gasteiger partial charge in [0.1, 0.15) is 11.4 Å². The molecule has 0 amide bonds. The van der Waals surface area contributed by atoms with Gasteiger partial charge in [-0.05, 0) is 24.7 Å². The largest absolute Gasteiger partial charge is 0.494 e. The first-order valence-corrected chi connectivity index (χ1v) is 6.06. The van der Waals surface area contributed by atoms with Crippen LogP contribution in [0.25, 0.3) is 10.9 Å². The van der Waals surface area contributed by atoms with Crippen LogP contribution >= 0.6 is 0 Å². The van der Waals surface area contributed by atoms with E-state index in [2.05, 4.69) is 4.98 Å². The summed E-state index contributed by atoms with van der Waals surface area (Å²) < 4.78 is 23.4. The molecule has 0 bridgehead atoms. The van der Waals surface area contributed by atoms with Crippen molar-refractivity contribution in [3.8, 4) is 5.75 Å². The van der Waals surface area contributed by atoms with Gasteiger partial charge in [-0.1, -0.05) is 0 Å². The van der Waals surface area contributed by atoms with Gasteiger partial charge in [0, 0.05) is 11.8 Å². The van der Waals surface area contributed by atoms with Crippen molar-refractivity contribution in [2.24, 2.45) is 5.73 Å². The Morgan fingerprint density at radius 1 is 1.40 bits per heavy atom. The Hall–Kier alpha value is -2.21. The lowest BCUT2D eigenvalue weighted by Gasteiger charge is -2.14. The van der Waals surface area contributed by atoms with E-state index in [4.69, 9.17) is 15.2 Å². The zero-order valence-corrected chi connectivity index (χ0v) is 11.3. The second kappa shape index (κ2) is 5.83. The molecule has 6 heteroatoms. The molecule has 1 aromatic carbocycles. The van der Waals surface area contributed by atoms with Crippen LogP contribution < -0.4 is 10.5 Å². The third kappa shape index (κ3) is 2.42. The standard InChI is InChI=1S/C14H15FN2O3/c1-19-13-11(5-6-16)17-10-4-3-8(15)7-9(10)12(13)14(18)20-2/h3-4,7H,5-6,16H2,1-2H3. The van der Waals surface area contributed by atoms with Crippen LogP contribution in [0.15, 0.2) is 18.2 Å². The van der Waals surface area contributed by atoms with E-state index < -0.39 is 11.8 Å². The number of hydrogen-bond donors (Lipinski definition) is 1. The summed E-state index contributed by atoms with van der Waals surface area (Å²) in [4.78, 5) is 16.4. The molecule has 0 spiro atoms. The van der Waals surface area contributed by atoms with Crippen LogP contribution in [0.3, 0.4) is 0 Å². The lowest BCUT2D eigenvalue weighted by Crippen LogP contribution is -2.12. The average Bonchev–Trinajstić information content (AvgIpc) is 2.45. The van der Waals surface area contributed by atoms with E-state index in [1.54, 1.807) is 0 Å². The summed E-state index contributed by atoms with van der Waals surface area (Å²) in [5.41, 5.74) is 6.76. The fourth-order valence-corrected chi connectivity index (χ4v) is 2.10. The number of ether oxygens (including phenoxy) is 2. The van der Waals surface area contributed by atoms with Gasteiger partial charge in [0.25, 0.3) is 0 Å². The number of benzene rings is 1. The maximum Gasteiger partial charge on any atom is 0.342 e. The number of esters is 1. The van der Waals surface area contributed by atoms with E-state index in [0.717, 1.165) is 0 Å². The number of rotatable bonds is 4. The van der Waals surface area contributed by atoms with Crippen molar-refractivity contribution in [2.45, 2.75) is 6.42 Å². The maximum atomic E-state index is 13.4. The third-order valence-electron chi connectivity index (χ3n) is 2.95. The minimum atomic E-state index is -0.599. The summed E-state index contributed by atoms with van der Waals surface area (Å²) in [6.45, 7) is 0.358. The number of fused-ring (bicyclic) bond motifs is 1. The van der Waals surface area contributed by atoms with Crippen molar-refractivity contribution >= 4 is 16.9 Å². The van der Waals surface area contributed by atoms with E-state index in [-0.39, 0.29) is 11.3 Å². The number of pyridine rings is 1. The highest BCUT2D eigenvalue weighted by Crippen LogP contribution is 2.31. The first-order chi connectivity index (χ1) is 9.62. The van der Waals surface area contributed by atoms with Gasteiger partial charge < -0.3 is 15.2 Å². The molecule has 0 atom stereocenters. The zero-order valence-electron chi connectivity index (χ0n) is 11.3. The summed E-state index contributed by atoms with van der Waals surface area (Å²) in [6, 6.07) is 4.04. The van der Waals surface area contributed by atoms with Gasteiger partial charge in [-0.2, -0.15) is 0 Å². The molecule has 0 saturated heterocycles. The molecule has 0 fully saturated rings. The average molecular weight is 278 g/mol. The van der Waals surface area contributed by atoms with Crippen LogP contribution in [0, 0.1) is 5.82 Å². The van der Waals surface area contributed by atoms with E-state index in [9.17, 15) is 9.18 Å². The molecule has 2 aromatic rings. The summed E-state index contributed by atoms with van der Waals surface area (Å²) >= 11 is 0. The van der Waals surface area contributed by atoms with Crippen molar-refractivity contribution in [1.29, 1.82) is 0 Å². The molecule has 0 aliphatic carbocycles. The molecule has 1 aromatic heterocycles. The van der Waals surface area contributed by atoms with Gasteiger partial charge in [0.15, 0.2) is 5.75 Å². The van der Waals surface area contributed by atoms with Crippen LogP contribution in [0.5, 0.6) is 5.75 Å². The number of aromatic nitrogens is 1. The molecular formula is C14H15FN2O3. The molecular weight excluding hydrogens is 263 g/mol. The van der Waals surface area contributed by atoms with E-state index in [1.165, 1.54) is 32.4 Å². The molecule has 2 rings (SSSR count). The van der Waals surface area contributed by atoms with Crippen molar-refractivity contribution in [3.05, 3.63) is 35.3 Å². The Morgan fingerprint density at radius 3 is 2.75 bits per heavy atom. The molecule has 0 unspecified atom stereocenters. The maximum absolute atomic E-state index is 13.4. The summed E-state index contributed by atoms with van der Waals surface area (Å²) in [5.74, 6) is -0.781. The van der Waals surface area contributed by atoms with E-state index in [0.29, 0.717) is 29.6 Å². The molecule has 0 saturated carbocycles. The highest BCUT2D eigenvalue weighted by molar-refractivity contribution is 6.06. The Balaban J connectivity index is 2.84. The Bertz CT molecular complexity index is 658. The lowest BCUT2D eigenvalue weighted by molar-refractivity contribution is 0.0599. The number of methoxy groups -OCH3 is 2. The van der Waals surface area contributed by atoms with Gasteiger partial charge in [-0.3, -0.25) is 0 Å². The number of nitrogens with two attached hydrogens (primary N) is 1. The van der Waals surface area contributed by atoms with Crippen molar-refractivity contribution in [1.82, 2.24) is 4.98 Å². The molecule has 5 nitrogen and oxygen atoms in total. The highest BCUT2D eigenvalue weighted by atomic mass is 19.1. The van der Waals surface area contributed by atoms with Gasteiger partial charge in [0.05, 0.1) is 25.4 Å². The van der Waals surface area contributed by atoms with Crippen molar-refractivity contribution < 1.29 is 18.7 Å². The molecule has 0 radical (unpaired) electrons. The lowest BCUT2D eigenvalue weighted by atomic mass is 10.0. The molecule has 0 aliphatic heterocycles. The Kier molecular flexibility index (Phi) is 4.14. The van der Waals surface area contributed by atoms with Gasteiger partial charge in [-0.15, -0.1) is 0 Å². The quantitative estimate of drug-likeness (QED) is 0.861. The molecule has 2 N–H and O–H groups in total. The fraction of sp³-hybridized carbons (Fsp3) is 0.286. The van der Waals surface area contributed by atoms with Crippen LogP contribution in [-0.4, -0.2) is 31.7 Å². The molecule has 1 heterocycles. The number of nitrogens with zero attached hydrogens (tertiary/aromatic N) is 1. The monoisotopic (exact) mass is 278 g/mol. The Morgan fingerprint density at radius 2 is 2.15 bits per heavy atom. The van der Waals surface area contributed by atoms with Crippen LogP contribution in [0.1, 0.15) is 16.1 Å². The number of carbonyl (C=O) groups excluding carboxylic acids is 1. The molecule has 106 valence electrons. The van der Waals surface area contributed by atoms with E-state index in [1.807, 2.05) is 0 Å². The van der Waals surface area contributed by atoms with Crippen LogP contribution in [-0.2, 0) is 11.2 Å². The minimum Gasteiger partial charge on any atom is -0.494 e. The fourth-order valence-electron chi connectivity index (χ4n) is 2.10. The van der Waals surface area contributed by atoms with E-state index >= 15 is 0 Å². The summed E-state index contributed by atoms with van der Waals surface area (Å²) in [7, 11) is 2.69. The Labute approximate surface area is 115 Å². The normalized spacial score (nSPS) is 10.6. The van der Waals surface area contributed by atoms with Gasteiger partial charge in [0.2, 0.25) is 0 Å². The number of hydrogen-bond acceptors (Lipinski definition) is 5. The first kappa shape index (κ1) is 14.2. The second-order valence-corrected chi connectivity index (χ2v) is 4.16. The number of carbonyl (C=O) groups is 1. The summed E-state index contributed by atoms with van der Waals surface area (Å²) in [6.07, 6.45) is 0.445. The number of halogens is 1. The van der Waals surface area contributed by atoms with Crippen LogP contribution in [0.4, 0.5) is 4.39 Å². The van der Waals surface area contributed by atoms with Crippen molar-refractivity contribution in [2.75, 3.05) is 20.8 Å². The first-order valence-electron chi connectivity index (χ1n) is 6.06. The zero-order chi connectivity index (χ0) is 14.7. The second-order valence-electron chi connectivity index (χ2n) is 4.16. The third-order valence-corrected chi connectivity index (χ3v) is 2.95. The van der Waals surface area contributed by atoms with Gasteiger partial charge in [-0.25, -0.2) is 14.2 Å². The minimum absolute atomic E-state index is 0.169. The summed E-state index contributed by atoms with van der Waals surface area (Å²) in [5, 5.41) is 0.356. The van der Waals surface area contributed by atoms with Crippen LogP contribution in [0.2, 0.25) is 0 Å². The highest BCUT2D eigenvalue weighted by Gasteiger charge is 2.22. The molecule has 20 heavy (non-hydrogen) atoms. The SMILES string of the molecule is COC(=O)c1c(OC)c(CCN)nc2ccc(F)cc12. The molecule has 0 aliphatic rings. The predicted octanol–water partition coefficient (Wildman–Crippen LogP) is 1.67. The van der Waals surface area contributed by atoms with Crippen molar-refractivity contribution in [3.63, 3.8) is 0 Å². The van der Waals surface area contributed by atoms with Gasteiger partial charge >= 0.3 is 5.97 Å².